The zero-order chi connectivity index (χ0) is 17.0. The summed E-state index contributed by atoms with van der Waals surface area (Å²) in [5.41, 5.74) is 3.36. The van der Waals surface area contributed by atoms with Crippen LogP contribution >= 0.6 is 0 Å². The lowest BCUT2D eigenvalue weighted by Crippen LogP contribution is -2.22. The van der Waals surface area contributed by atoms with Gasteiger partial charge in [-0.25, -0.2) is 8.42 Å². The summed E-state index contributed by atoms with van der Waals surface area (Å²) >= 11 is 0. The highest BCUT2D eigenvalue weighted by Crippen LogP contribution is 2.25. The molecule has 0 unspecified atom stereocenters. The van der Waals surface area contributed by atoms with Crippen LogP contribution in [0.15, 0.2) is 47.4 Å². The number of anilines is 2. The van der Waals surface area contributed by atoms with E-state index in [1.54, 1.807) is 25.1 Å². The van der Waals surface area contributed by atoms with Crippen molar-refractivity contribution in [2.45, 2.75) is 32.6 Å². The zero-order valence-corrected chi connectivity index (χ0v) is 14.9. The van der Waals surface area contributed by atoms with E-state index in [0.717, 1.165) is 29.9 Å². The summed E-state index contributed by atoms with van der Waals surface area (Å²) < 4.78 is 27.9. The number of benzene rings is 2. The predicted molar refractivity (Wildman–Crippen MR) is 96.7 cm³/mol. The Morgan fingerprint density at radius 3 is 2.17 bits per heavy atom. The van der Waals surface area contributed by atoms with Crippen LogP contribution in [-0.4, -0.2) is 21.5 Å². The minimum atomic E-state index is -3.57. The maximum Gasteiger partial charge on any atom is 0.262 e. The summed E-state index contributed by atoms with van der Waals surface area (Å²) in [7, 11) is -3.57. The lowest BCUT2D eigenvalue weighted by molar-refractivity contribution is 0.600. The van der Waals surface area contributed by atoms with E-state index in [4.69, 9.17) is 0 Å². The molecule has 23 heavy (non-hydrogen) atoms. The lowest BCUT2D eigenvalue weighted by atomic mass is 10.1. The normalized spacial score (nSPS) is 11.3. The number of nitrogens with zero attached hydrogens (tertiary/aromatic N) is 1. The van der Waals surface area contributed by atoms with Crippen LogP contribution in [0.3, 0.4) is 0 Å². The number of sulfonamides is 1. The Bertz CT molecular complexity index is 781. The average molecular weight is 332 g/mol. The first-order chi connectivity index (χ1) is 10.9. The molecule has 0 heterocycles. The van der Waals surface area contributed by atoms with Crippen molar-refractivity contribution >= 4 is 21.4 Å². The molecule has 2 aromatic carbocycles. The molecule has 0 aliphatic carbocycles. The molecule has 4 nitrogen and oxygen atoms in total. The molecule has 0 spiro atoms. The number of hydrogen-bond acceptors (Lipinski definition) is 3. The van der Waals surface area contributed by atoms with Crippen molar-refractivity contribution in [2.24, 2.45) is 0 Å². The highest BCUT2D eigenvalue weighted by Gasteiger charge is 2.17. The van der Waals surface area contributed by atoms with Gasteiger partial charge in [-0.3, -0.25) is 4.72 Å². The second-order valence-electron chi connectivity index (χ2n) is 5.54. The first-order valence-corrected chi connectivity index (χ1v) is 9.31. The van der Waals surface area contributed by atoms with Gasteiger partial charge >= 0.3 is 0 Å². The lowest BCUT2D eigenvalue weighted by Gasteiger charge is -2.22. The van der Waals surface area contributed by atoms with Crippen LogP contribution in [-0.2, 0) is 10.0 Å². The molecule has 0 saturated heterocycles. The van der Waals surface area contributed by atoms with Gasteiger partial charge in [0, 0.05) is 18.8 Å². The van der Waals surface area contributed by atoms with Crippen molar-refractivity contribution in [3.63, 3.8) is 0 Å². The molecule has 0 aromatic heterocycles. The van der Waals surface area contributed by atoms with Gasteiger partial charge < -0.3 is 4.90 Å². The van der Waals surface area contributed by atoms with Gasteiger partial charge in [-0.1, -0.05) is 18.2 Å². The van der Waals surface area contributed by atoms with Crippen LogP contribution in [0.1, 0.15) is 25.0 Å². The number of nitrogens with one attached hydrogen (secondary N) is 1. The molecule has 0 saturated carbocycles. The Labute approximate surface area is 139 Å². The first-order valence-electron chi connectivity index (χ1n) is 7.83. The fourth-order valence-corrected chi connectivity index (χ4v) is 3.98. The van der Waals surface area contributed by atoms with E-state index in [2.05, 4.69) is 23.5 Å². The van der Waals surface area contributed by atoms with Crippen molar-refractivity contribution in [3.05, 3.63) is 53.6 Å². The molecule has 2 rings (SSSR count). The van der Waals surface area contributed by atoms with Gasteiger partial charge in [0.2, 0.25) is 0 Å². The molecular weight excluding hydrogens is 308 g/mol. The van der Waals surface area contributed by atoms with Crippen molar-refractivity contribution < 1.29 is 8.42 Å². The third-order valence-electron chi connectivity index (χ3n) is 3.97. The Morgan fingerprint density at radius 1 is 0.957 bits per heavy atom. The molecule has 0 atom stereocenters. The smallest absolute Gasteiger partial charge is 0.262 e. The Morgan fingerprint density at radius 2 is 1.61 bits per heavy atom. The fraction of sp³-hybridized carbons (Fsp3) is 0.333. The average Bonchev–Trinajstić information content (AvgIpc) is 2.51. The summed E-state index contributed by atoms with van der Waals surface area (Å²) in [6.07, 6.45) is 0. The largest absolute Gasteiger partial charge is 0.372 e. The van der Waals surface area contributed by atoms with Crippen LogP contribution in [0.25, 0.3) is 0 Å². The molecule has 0 fully saturated rings. The maximum absolute atomic E-state index is 12.6. The van der Waals surface area contributed by atoms with Gasteiger partial charge in [0.25, 0.3) is 10.0 Å². The van der Waals surface area contributed by atoms with E-state index < -0.39 is 10.0 Å². The van der Waals surface area contributed by atoms with Crippen molar-refractivity contribution in [2.75, 3.05) is 22.7 Å². The summed E-state index contributed by atoms with van der Waals surface area (Å²) in [6, 6.07) is 12.8. The molecule has 0 amide bonds. The molecule has 1 N–H and O–H groups in total. The van der Waals surface area contributed by atoms with Gasteiger partial charge in [0.1, 0.15) is 0 Å². The summed E-state index contributed by atoms with van der Waals surface area (Å²) in [5, 5.41) is 0. The van der Waals surface area contributed by atoms with Gasteiger partial charge in [0.15, 0.2) is 0 Å². The minimum absolute atomic E-state index is 0.312. The molecule has 5 heteroatoms. The molecule has 2 aromatic rings. The second-order valence-corrected chi connectivity index (χ2v) is 7.19. The summed E-state index contributed by atoms with van der Waals surface area (Å²) in [5.74, 6) is 0. The minimum Gasteiger partial charge on any atom is -0.372 e. The van der Waals surface area contributed by atoms with Gasteiger partial charge in [0.05, 0.1) is 10.6 Å². The number of rotatable bonds is 6. The summed E-state index contributed by atoms with van der Waals surface area (Å²) in [4.78, 5) is 2.54. The van der Waals surface area contributed by atoms with Crippen molar-refractivity contribution in [3.8, 4) is 0 Å². The maximum atomic E-state index is 12.6. The molecule has 124 valence electrons. The zero-order valence-electron chi connectivity index (χ0n) is 14.1. The van der Waals surface area contributed by atoms with Crippen LogP contribution < -0.4 is 9.62 Å². The van der Waals surface area contributed by atoms with E-state index >= 15 is 0 Å². The van der Waals surface area contributed by atoms with Crippen molar-refractivity contribution in [1.29, 1.82) is 0 Å². The Hall–Kier alpha value is -2.01. The van der Waals surface area contributed by atoms with E-state index in [-0.39, 0.29) is 0 Å². The van der Waals surface area contributed by atoms with Gasteiger partial charge in [-0.05, 0) is 63.1 Å². The van der Waals surface area contributed by atoms with Crippen LogP contribution in [0.4, 0.5) is 11.4 Å². The van der Waals surface area contributed by atoms with E-state index in [9.17, 15) is 8.42 Å². The fourth-order valence-electron chi connectivity index (χ4n) is 2.61. The Balaban J connectivity index is 2.32. The van der Waals surface area contributed by atoms with Crippen LogP contribution in [0.2, 0.25) is 0 Å². The molecule has 0 aliphatic heterocycles. The predicted octanol–water partition coefficient (Wildman–Crippen LogP) is 3.95. The molecule has 0 radical (unpaired) electrons. The van der Waals surface area contributed by atoms with Crippen LogP contribution in [0, 0.1) is 13.8 Å². The third-order valence-corrected chi connectivity index (χ3v) is 5.49. The molecule has 0 aliphatic rings. The highest BCUT2D eigenvalue weighted by molar-refractivity contribution is 7.92. The van der Waals surface area contributed by atoms with Crippen molar-refractivity contribution in [1.82, 2.24) is 0 Å². The quantitative estimate of drug-likeness (QED) is 0.871. The standard InChI is InChI=1S/C18H24N2O2S/c1-5-20(6-2)16-11-12-17(15(4)13-16)19-23(21,22)18-10-8-7-9-14(18)3/h7-13,19H,5-6H2,1-4H3. The van der Waals surface area contributed by atoms with E-state index in [1.165, 1.54) is 0 Å². The molecule has 0 bridgehead atoms. The second kappa shape index (κ2) is 7.04. The first kappa shape index (κ1) is 17.3. The van der Waals surface area contributed by atoms with E-state index in [1.807, 2.05) is 31.2 Å². The third kappa shape index (κ3) is 3.85. The number of hydrogen-bond donors (Lipinski definition) is 1. The highest BCUT2D eigenvalue weighted by atomic mass is 32.2. The van der Waals surface area contributed by atoms with Gasteiger partial charge in [-0.2, -0.15) is 0 Å². The monoisotopic (exact) mass is 332 g/mol. The topological polar surface area (TPSA) is 49.4 Å². The van der Waals surface area contributed by atoms with Gasteiger partial charge in [-0.15, -0.1) is 0 Å². The van der Waals surface area contributed by atoms with Crippen LogP contribution in [0.5, 0.6) is 0 Å². The SMILES string of the molecule is CCN(CC)c1ccc(NS(=O)(=O)c2ccccc2C)c(C)c1. The molecular formula is C18H24N2O2S. The number of aryl methyl sites for hydroxylation is 2. The summed E-state index contributed by atoms with van der Waals surface area (Å²) in [6.45, 7) is 9.77. The Kier molecular flexibility index (Phi) is 5.31. The van der Waals surface area contributed by atoms with E-state index in [0.29, 0.717) is 10.6 Å².